The molecule has 3 aromatic rings. The summed E-state index contributed by atoms with van der Waals surface area (Å²) in [5.41, 5.74) is 4.51. The number of methoxy groups -OCH3 is 2. The largest absolute Gasteiger partial charge is 0.493 e. The van der Waals surface area contributed by atoms with Crippen molar-refractivity contribution in [3.63, 3.8) is 0 Å². The second kappa shape index (κ2) is 9.30. The highest BCUT2D eigenvalue weighted by atomic mass is 16.5. The summed E-state index contributed by atoms with van der Waals surface area (Å²) < 4.78 is 16.2. The molecule has 0 saturated heterocycles. The average Bonchev–Trinajstić information content (AvgIpc) is 2.84. The number of anilines is 1. The van der Waals surface area contributed by atoms with E-state index >= 15 is 0 Å². The molecule has 1 aliphatic heterocycles. The Kier molecular flexibility index (Phi) is 6.12. The second-order valence-electron chi connectivity index (χ2n) is 7.02. The summed E-state index contributed by atoms with van der Waals surface area (Å²) in [5, 5.41) is 4.58. The molecule has 0 aromatic heterocycles. The van der Waals surface area contributed by atoms with Crippen LogP contribution in [0, 0.1) is 0 Å². The minimum atomic E-state index is -0.669. The molecule has 0 radical (unpaired) electrons. The molecule has 4 rings (SSSR count). The molecule has 1 unspecified atom stereocenters. The van der Waals surface area contributed by atoms with E-state index < -0.39 is 12.1 Å². The molecule has 8 heteroatoms. The van der Waals surface area contributed by atoms with Gasteiger partial charge in [0.1, 0.15) is 11.9 Å². The zero-order valence-electron chi connectivity index (χ0n) is 17.7. The summed E-state index contributed by atoms with van der Waals surface area (Å²) in [6.45, 7) is -0.242. The van der Waals surface area contributed by atoms with Gasteiger partial charge >= 0.3 is 0 Å². The highest BCUT2D eigenvalue weighted by Crippen LogP contribution is 2.36. The van der Waals surface area contributed by atoms with E-state index in [2.05, 4.69) is 10.7 Å². The molecule has 0 bridgehead atoms. The van der Waals surface area contributed by atoms with Crippen molar-refractivity contribution in [2.45, 2.75) is 6.17 Å². The Morgan fingerprint density at radius 1 is 0.969 bits per heavy atom. The van der Waals surface area contributed by atoms with Gasteiger partial charge in [-0.25, -0.2) is 5.01 Å². The van der Waals surface area contributed by atoms with E-state index in [0.29, 0.717) is 34.1 Å². The number of fused-ring (bicyclic) bond motifs is 1. The van der Waals surface area contributed by atoms with Crippen LogP contribution in [0.3, 0.4) is 0 Å². The number of amides is 2. The number of ether oxygens (including phenoxy) is 3. The minimum absolute atomic E-state index is 0.242. The Labute approximate surface area is 185 Å². The van der Waals surface area contributed by atoms with E-state index in [0.717, 1.165) is 0 Å². The van der Waals surface area contributed by atoms with Crippen molar-refractivity contribution < 1.29 is 23.8 Å². The van der Waals surface area contributed by atoms with Gasteiger partial charge in [-0.1, -0.05) is 36.4 Å². The lowest BCUT2D eigenvalue weighted by Gasteiger charge is -2.37. The van der Waals surface area contributed by atoms with Crippen LogP contribution in [0.15, 0.2) is 72.8 Å². The van der Waals surface area contributed by atoms with Gasteiger partial charge in [0, 0.05) is 11.3 Å². The fourth-order valence-electron chi connectivity index (χ4n) is 3.46. The molecule has 0 saturated carbocycles. The lowest BCUT2D eigenvalue weighted by atomic mass is 10.0. The van der Waals surface area contributed by atoms with E-state index in [1.165, 1.54) is 12.1 Å². The predicted octanol–water partition coefficient (Wildman–Crippen LogP) is 3.38. The third-order valence-electron chi connectivity index (χ3n) is 5.01. The van der Waals surface area contributed by atoms with E-state index in [4.69, 9.17) is 14.2 Å². The molecule has 32 heavy (non-hydrogen) atoms. The van der Waals surface area contributed by atoms with Crippen LogP contribution in [0.25, 0.3) is 0 Å². The third kappa shape index (κ3) is 4.29. The first-order valence-corrected chi connectivity index (χ1v) is 9.99. The molecule has 3 aromatic carbocycles. The van der Waals surface area contributed by atoms with Gasteiger partial charge in [0.15, 0.2) is 18.1 Å². The SMILES string of the molecule is COc1ccc(C2Nc3ccccc3C(=O)N2NC(=O)COc2ccccc2)cc1OC. The summed E-state index contributed by atoms with van der Waals surface area (Å²) in [6, 6.07) is 21.4. The van der Waals surface area contributed by atoms with Crippen LogP contribution in [0.1, 0.15) is 22.1 Å². The zero-order valence-corrected chi connectivity index (χ0v) is 17.7. The second-order valence-corrected chi connectivity index (χ2v) is 7.02. The fourth-order valence-corrected chi connectivity index (χ4v) is 3.46. The fraction of sp³-hybridized carbons (Fsp3) is 0.167. The van der Waals surface area contributed by atoms with Gasteiger partial charge in [-0.15, -0.1) is 0 Å². The number of carbonyl (C=O) groups excluding carboxylic acids is 2. The first-order valence-electron chi connectivity index (χ1n) is 9.99. The van der Waals surface area contributed by atoms with Crippen molar-refractivity contribution in [2.75, 3.05) is 26.1 Å². The Hall–Kier alpha value is -4.20. The first-order chi connectivity index (χ1) is 15.6. The molecule has 1 atom stereocenters. The van der Waals surface area contributed by atoms with E-state index in [9.17, 15) is 9.59 Å². The summed E-state index contributed by atoms with van der Waals surface area (Å²) >= 11 is 0. The summed E-state index contributed by atoms with van der Waals surface area (Å²) in [6.07, 6.45) is -0.669. The number of hydrogen-bond donors (Lipinski definition) is 2. The monoisotopic (exact) mass is 433 g/mol. The lowest BCUT2D eigenvalue weighted by Crippen LogP contribution is -2.53. The van der Waals surface area contributed by atoms with Crippen molar-refractivity contribution in [2.24, 2.45) is 0 Å². The molecule has 1 aliphatic rings. The number of carbonyl (C=O) groups is 2. The standard InChI is InChI=1S/C24H23N3O5/c1-30-20-13-12-16(14-21(20)31-2)23-25-19-11-7-6-10-18(19)24(29)27(23)26-22(28)15-32-17-8-4-3-5-9-17/h3-14,23,25H,15H2,1-2H3,(H,26,28). The van der Waals surface area contributed by atoms with E-state index in [1.807, 2.05) is 30.3 Å². The Bertz CT molecular complexity index is 1120. The van der Waals surface area contributed by atoms with Crippen molar-refractivity contribution in [1.29, 1.82) is 0 Å². The van der Waals surface area contributed by atoms with Gasteiger partial charge in [0.25, 0.3) is 11.8 Å². The molecule has 2 N–H and O–H groups in total. The quantitative estimate of drug-likeness (QED) is 0.594. The van der Waals surface area contributed by atoms with Crippen LogP contribution < -0.4 is 25.0 Å². The van der Waals surface area contributed by atoms with Gasteiger partial charge in [0.2, 0.25) is 0 Å². The smallest absolute Gasteiger partial charge is 0.276 e. The van der Waals surface area contributed by atoms with Crippen LogP contribution in [-0.4, -0.2) is 37.6 Å². The molecular weight excluding hydrogens is 410 g/mol. The van der Waals surface area contributed by atoms with Gasteiger partial charge in [-0.3, -0.25) is 15.0 Å². The summed E-state index contributed by atoms with van der Waals surface area (Å²) in [4.78, 5) is 25.9. The van der Waals surface area contributed by atoms with Gasteiger partial charge in [0.05, 0.1) is 19.8 Å². The molecule has 2 amide bonds. The van der Waals surface area contributed by atoms with Crippen LogP contribution in [-0.2, 0) is 4.79 Å². The van der Waals surface area contributed by atoms with Crippen LogP contribution in [0.5, 0.6) is 17.2 Å². The van der Waals surface area contributed by atoms with Gasteiger partial charge in [-0.05, 0) is 36.4 Å². The van der Waals surface area contributed by atoms with E-state index in [-0.39, 0.29) is 12.5 Å². The normalized spacial score (nSPS) is 14.8. The topological polar surface area (TPSA) is 89.1 Å². The van der Waals surface area contributed by atoms with Crippen molar-refractivity contribution in [1.82, 2.24) is 10.4 Å². The maximum absolute atomic E-state index is 13.3. The Balaban J connectivity index is 1.61. The van der Waals surface area contributed by atoms with Crippen molar-refractivity contribution in [3.8, 4) is 17.2 Å². The molecule has 8 nitrogen and oxygen atoms in total. The lowest BCUT2D eigenvalue weighted by molar-refractivity contribution is -0.127. The molecule has 1 heterocycles. The van der Waals surface area contributed by atoms with Crippen molar-refractivity contribution in [3.05, 3.63) is 83.9 Å². The number of hydrogen-bond acceptors (Lipinski definition) is 6. The zero-order chi connectivity index (χ0) is 22.5. The summed E-state index contributed by atoms with van der Waals surface area (Å²) in [5.74, 6) is 0.830. The van der Waals surface area contributed by atoms with Crippen molar-refractivity contribution >= 4 is 17.5 Å². The molecular formula is C24H23N3O5. The number of nitrogens with one attached hydrogen (secondary N) is 2. The number of para-hydroxylation sites is 2. The number of nitrogens with zero attached hydrogens (tertiary/aromatic N) is 1. The molecule has 0 spiro atoms. The first kappa shape index (κ1) is 21.0. The van der Waals surface area contributed by atoms with Crippen LogP contribution in [0.2, 0.25) is 0 Å². The molecule has 164 valence electrons. The number of benzene rings is 3. The Morgan fingerprint density at radius 2 is 1.69 bits per heavy atom. The average molecular weight is 433 g/mol. The van der Waals surface area contributed by atoms with Gasteiger partial charge in [-0.2, -0.15) is 0 Å². The van der Waals surface area contributed by atoms with E-state index in [1.54, 1.807) is 49.6 Å². The number of hydrazine groups is 1. The summed E-state index contributed by atoms with van der Waals surface area (Å²) in [7, 11) is 3.09. The molecule has 0 aliphatic carbocycles. The highest BCUT2D eigenvalue weighted by molar-refractivity contribution is 6.02. The van der Waals surface area contributed by atoms with Gasteiger partial charge < -0.3 is 19.5 Å². The van der Waals surface area contributed by atoms with Crippen LogP contribution >= 0.6 is 0 Å². The Morgan fingerprint density at radius 3 is 2.44 bits per heavy atom. The molecule has 0 fully saturated rings. The highest BCUT2D eigenvalue weighted by Gasteiger charge is 2.34. The third-order valence-corrected chi connectivity index (χ3v) is 5.01. The number of rotatable bonds is 7. The predicted molar refractivity (Wildman–Crippen MR) is 119 cm³/mol. The maximum Gasteiger partial charge on any atom is 0.276 e. The minimum Gasteiger partial charge on any atom is -0.493 e. The maximum atomic E-state index is 13.3. The van der Waals surface area contributed by atoms with Crippen LogP contribution in [0.4, 0.5) is 5.69 Å².